The summed E-state index contributed by atoms with van der Waals surface area (Å²) in [5, 5.41) is 9.86. The number of para-hydroxylation sites is 4. The Kier molecular flexibility index (Phi) is 9.35. The van der Waals surface area contributed by atoms with Crippen molar-refractivity contribution >= 4 is 77.2 Å². The van der Waals surface area contributed by atoms with Gasteiger partial charge in [-0.1, -0.05) is 170 Å². The van der Waals surface area contributed by atoms with Gasteiger partial charge in [0.2, 0.25) is 0 Å². The van der Waals surface area contributed by atoms with E-state index < -0.39 is 5.41 Å². The lowest BCUT2D eigenvalue weighted by molar-refractivity contribution is 0.477. The van der Waals surface area contributed by atoms with Crippen molar-refractivity contribution in [2.75, 3.05) is 9.80 Å². The number of ether oxygens (including phenoxy) is 2. The molecule has 0 saturated heterocycles. The first-order valence-electron chi connectivity index (χ1n) is 26.6. The quantitative estimate of drug-likeness (QED) is 0.155. The number of hydrogen-bond donors (Lipinski definition) is 0. The molecule has 0 aromatic heterocycles. The highest BCUT2D eigenvalue weighted by Gasteiger charge is 2.46. The van der Waals surface area contributed by atoms with Crippen LogP contribution >= 0.6 is 0 Å². The molecule has 4 nitrogen and oxygen atoms in total. The Labute approximate surface area is 446 Å². The Bertz CT molecular complexity index is 4320. The molecule has 0 spiro atoms. The summed E-state index contributed by atoms with van der Waals surface area (Å²) in [5.74, 6) is 3.28. The number of nitrogens with zero attached hydrogens (tertiary/aromatic N) is 2. The lowest BCUT2D eigenvalue weighted by atomic mass is 9.66. The van der Waals surface area contributed by atoms with Gasteiger partial charge in [0, 0.05) is 10.8 Å². The van der Waals surface area contributed by atoms with Crippen molar-refractivity contribution in [1.29, 1.82) is 0 Å². The van der Waals surface area contributed by atoms with Crippen molar-refractivity contribution < 1.29 is 9.47 Å². The molecule has 0 N–H and O–H groups in total. The van der Waals surface area contributed by atoms with Crippen LogP contribution in [0.1, 0.15) is 33.4 Å². The van der Waals surface area contributed by atoms with Gasteiger partial charge in [-0.15, -0.1) is 0 Å². The van der Waals surface area contributed by atoms with Crippen LogP contribution in [-0.4, -0.2) is 0 Å². The summed E-state index contributed by atoms with van der Waals surface area (Å²) in [6.45, 7) is 4.37. The maximum atomic E-state index is 6.91. The molecule has 4 heteroatoms. The first kappa shape index (κ1) is 43.5. The molecule has 0 atom stereocenters. The van der Waals surface area contributed by atoms with Gasteiger partial charge in [-0.05, 0) is 187 Å². The minimum absolute atomic E-state index is 0.658. The zero-order chi connectivity index (χ0) is 50.9. The summed E-state index contributed by atoms with van der Waals surface area (Å²) in [7, 11) is 0. The Balaban J connectivity index is 0.877. The Morgan fingerprint density at radius 2 is 0.662 bits per heavy atom. The Morgan fingerprint density at radius 3 is 1.12 bits per heavy atom. The van der Waals surface area contributed by atoms with Gasteiger partial charge in [0.1, 0.15) is 0 Å². The van der Waals surface area contributed by atoms with Gasteiger partial charge in [0.25, 0.3) is 0 Å². The summed E-state index contributed by atoms with van der Waals surface area (Å²) in [5.41, 5.74) is 17.5. The second-order valence-electron chi connectivity index (χ2n) is 20.9. The van der Waals surface area contributed by atoms with E-state index in [0.29, 0.717) is 0 Å². The van der Waals surface area contributed by atoms with Gasteiger partial charge in [-0.2, -0.15) is 0 Å². The van der Waals surface area contributed by atoms with E-state index in [9.17, 15) is 0 Å². The highest BCUT2D eigenvalue weighted by atomic mass is 16.5. The van der Waals surface area contributed by atoms with E-state index in [-0.39, 0.29) is 0 Å². The summed E-state index contributed by atoms with van der Waals surface area (Å²) in [4.78, 5) is 4.74. The van der Waals surface area contributed by atoms with Gasteiger partial charge in [0.15, 0.2) is 23.0 Å². The fourth-order valence-corrected chi connectivity index (χ4v) is 13.2. The highest BCUT2D eigenvalue weighted by Crippen LogP contribution is 2.60. The highest BCUT2D eigenvalue weighted by molar-refractivity contribution is 6.18. The zero-order valence-electron chi connectivity index (χ0n) is 42.5. The standard InChI is InChI=1S/C73H48N2O2/c1-45-29-35-61(57-23-11-9-21-55(45)57)74-63-25-13-15-27-67(63)76-69-43-47(33-37-65(69)74)51-39-49-31-32-50-40-52(42-60-72(50)71(49)59(41-51)73(60,53-17-5-3-6-18-53)54-19-7-4-8-20-54)48-34-38-66-70(44-48)77-68-28-16-14-26-64(68)75(66)62-36-30-46(2)56-22-10-12-24-58(56)62/h3-44H,1-2H3. The molecular formula is C73H48N2O2. The third-order valence-electron chi connectivity index (χ3n) is 16.7. The number of aryl methyl sites for hydroxylation is 2. The molecule has 16 rings (SSSR count). The maximum Gasteiger partial charge on any atom is 0.152 e. The topological polar surface area (TPSA) is 24.9 Å². The van der Waals surface area contributed by atoms with Crippen molar-refractivity contribution in [2.45, 2.75) is 19.3 Å². The minimum Gasteiger partial charge on any atom is -0.453 e. The maximum absolute atomic E-state index is 6.91. The zero-order valence-corrected chi connectivity index (χ0v) is 42.5. The molecule has 0 radical (unpaired) electrons. The number of rotatable bonds is 6. The van der Waals surface area contributed by atoms with Crippen LogP contribution in [0.5, 0.6) is 23.0 Å². The van der Waals surface area contributed by atoms with Crippen molar-refractivity contribution in [3.8, 4) is 45.3 Å². The molecule has 2 aliphatic heterocycles. The van der Waals surface area contributed by atoms with Crippen LogP contribution in [0.15, 0.2) is 255 Å². The van der Waals surface area contributed by atoms with Crippen LogP contribution in [0.2, 0.25) is 0 Å². The molecule has 362 valence electrons. The minimum atomic E-state index is -0.658. The van der Waals surface area contributed by atoms with Crippen molar-refractivity contribution in [3.63, 3.8) is 0 Å². The van der Waals surface area contributed by atoms with E-state index in [1.54, 1.807) is 0 Å². The third kappa shape index (κ3) is 6.33. The molecule has 77 heavy (non-hydrogen) atoms. The van der Waals surface area contributed by atoms with Crippen molar-refractivity contribution in [3.05, 3.63) is 288 Å². The number of fused-ring (bicyclic) bond motifs is 6. The Morgan fingerprint density at radius 1 is 0.286 bits per heavy atom. The lowest BCUT2D eigenvalue weighted by Crippen LogP contribution is -2.28. The summed E-state index contributed by atoms with van der Waals surface area (Å²) >= 11 is 0. The predicted molar refractivity (Wildman–Crippen MR) is 318 cm³/mol. The fourth-order valence-electron chi connectivity index (χ4n) is 13.2. The van der Waals surface area contributed by atoms with Crippen LogP contribution in [0.4, 0.5) is 34.1 Å². The van der Waals surface area contributed by atoms with E-state index in [2.05, 4.69) is 278 Å². The van der Waals surface area contributed by atoms with Crippen LogP contribution in [0, 0.1) is 13.8 Å². The molecule has 1 aliphatic carbocycles. The summed E-state index contributed by atoms with van der Waals surface area (Å²) in [6.07, 6.45) is 0. The third-order valence-corrected chi connectivity index (χ3v) is 16.7. The smallest absolute Gasteiger partial charge is 0.152 e. The van der Waals surface area contributed by atoms with E-state index in [4.69, 9.17) is 9.47 Å². The summed E-state index contributed by atoms with van der Waals surface area (Å²) < 4.78 is 13.8. The molecule has 13 aromatic carbocycles. The number of benzene rings is 13. The van der Waals surface area contributed by atoms with Crippen LogP contribution in [0.25, 0.3) is 65.3 Å². The van der Waals surface area contributed by atoms with Gasteiger partial charge in [-0.3, -0.25) is 0 Å². The van der Waals surface area contributed by atoms with Gasteiger partial charge in [0.05, 0.1) is 39.5 Å². The second-order valence-corrected chi connectivity index (χ2v) is 20.9. The molecule has 3 aliphatic rings. The van der Waals surface area contributed by atoms with Gasteiger partial charge in [-0.25, -0.2) is 0 Å². The molecular weight excluding hydrogens is 937 g/mol. The van der Waals surface area contributed by atoms with Crippen LogP contribution in [-0.2, 0) is 5.41 Å². The number of anilines is 6. The lowest BCUT2D eigenvalue weighted by Gasteiger charge is -2.35. The molecule has 2 heterocycles. The molecule has 0 bridgehead atoms. The largest absolute Gasteiger partial charge is 0.453 e. The second kappa shape index (κ2) is 16.6. The molecule has 13 aromatic rings. The van der Waals surface area contributed by atoms with E-state index in [1.165, 1.54) is 76.5 Å². The normalized spacial score (nSPS) is 13.6. The Hall–Kier alpha value is -9.90. The predicted octanol–water partition coefficient (Wildman–Crippen LogP) is 20.1. The van der Waals surface area contributed by atoms with Crippen LogP contribution < -0.4 is 19.3 Å². The number of hydrogen-bond acceptors (Lipinski definition) is 4. The van der Waals surface area contributed by atoms with Gasteiger partial charge < -0.3 is 19.3 Å². The monoisotopic (exact) mass is 984 g/mol. The average Bonchev–Trinajstić information content (AvgIpc) is 4.03. The molecule has 0 fully saturated rings. The average molecular weight is 985 g/mol. The van der Waals surface area contributed by atoms with Crippen molar-refractivity contribution in [2.24, 2.45) is 0 Å². The van der Waals surface area contributed by atoms with E-state index in [0.717, 1.165) is 79.4 Å². The van der Waals surface area contributed by atoms with E-state index >= 15 is 0 Å². The molecule has 0 saturated carbocycles. The van der Waals surface area contributed by atoms with Crippen LogP contribution in [0.3, 0.4) is 0 Å². The molecule has 0 amide bonds. The summed E-state index contributed by atoms with van der Waals surface area (Å²) in [6, 6.07) is 93.3. The SMILES string of the molecule is Cc1ccc(N2c3ccccc3Oc3cc(-c4cc5c6c(ccc7cc(-c8ccc9c(c8)Oc8ccccc8N9c8ccc(C)c9ccccc89)cc(c76)C5(c5ccccc5)c5ccccc5)c4)ccc32)c2ccccc12. The molecule has 0 unspecified atom stereocenters. The first-order chi connectivity index (χ1) is 38.0. The fraction of sp³-hybridized carbons (Fsp3) is 0.0411. The van der Waals surface area contributed by atoms with E-state index in [1.807, 2.05) is 0 Å². The van der Waals surface area contributed by atoms with Crippen molar-refractivity contribution in [1.82, 2.24) is 0 Å². The van der Waals surface area contributed by atoms with Gasteiger partial charge >= 0.3 is 0 Å². The first-order valence-corrected chi connectivity index (χ1v) is 26.6.